The Balaban J connectivity index is 1.40. The van der Waals surface area contributed by atoms with Gasteiger partial charge >= 0.3 is 0 Å². The van der Waals surface area contributed by atoms with Crippen LogP contribution in [0.5, 0.6) is 0 Å². The highest BCUT2D eigenvalue weighted by molar-refractivity contribution is 5.92. The number of imidazole rings is 1. The number of nitrogens with zero attached hydrogens (tertiary/aromatic N) is 3. The van der Waals surface area contributed by atoms with Gasteiger partial charge in [0.1, 0.15) is 5.82 Å². The quantitative estimate of drug-likeness (QED) is 0.400. The third-order valence-corrected chi connectivity index (χ3v) is 6.88. The zero-order chi connectivity index (χ0) is 22.2. The smallest absolute Gasteiger partial charge is 0.123 e. The summed E-state index contributed by atoms with van der Waals surface area (Å²) >= 11 is 0. The minimum absolute atomic E-state index is 0.405. The highest BCUT2D eigenvalue weighted by atomic mass is 15.1. The van der Waals surface area contributed by atoms with Gasteiger partial charge in [-0.25, -0.2) is 9.97 Å². The number of fused-ring (bicyclic) bond motifs is 1. The molecule has 0 atom stereocenters. The van der Waals surface area contributed by atoms with Crippen molar-refractivity contribution in [3.05, 3.63) is 65.4 Å². The van der Waals surface area contributed by atoms with Crippen LogP contribution in [-0.4, -0.2) is 37.9 Å². The number of rotatable bonds is 5. The molecule has 0 radical (unpaired) electrons. The van der Waals surface area contributed by atoms with Crippen molar-refractivity contribution in [3.63, 3.8) is 0 Å². The van der Waals surface area contributed by atoms with Gasteiger partial charge in [-0.1, -0.05) is 19.9 Å². The Morgan fingerprint density at radius 2 is 1.94 bits per heavy atom. The van der Waals surface area contributed by atoms with E-state index in [1.165, 1.54) is 40.6 Å². The maximum absolute atomic E-state index is 5.97. The molecule has 0 aliphatic carbocycles. The molecule has 1 fully saturated rings. The summed E-state index contributed by atoms with van der Waals surface area (Å²) in [5.74, 6) is 1.56. The standard InChI is InChI=1S/C26H32N6/c1-16(2)25-21-12-19(4-5-22(21)31-26(25)20-6-9-28-24(27)13-20)18-7-10-32(11-8-18)14-23-17(3)29-15-30-23/h4-6,9,12-13,15-16,18,31H,7-8,10-11,14H2,1-3H3,(H2,27,28)(H,29,30). The van der Waals surface area contributed by atoms with Crippen LogP contribution in [0.25, 0.3) is 22.2 Å². The van der Waals surface area contributed by atoms with E-state index in [1.807, 2.05) is 12.1 Å². The van der Waals surface area contributed by atoms with Gasteiger partial charge in [0.25, 0.3) is 0 Å². The number of aromatic amines is 2. The maximum atomic E-state index is 5.97. The highest BCUT2D eigenvalue weighted by Gasteiger charge is 2.23. The van der Waals surface area contributed by atoms with E-state index >= 15 is 0 Å². The van der Waals surface area contributed by atoms with Crippen LogP contribution in [0.3, 0.4) is 0 Å². The first-order valence-corrected chi connectivity index (χ1v) is 11.6. The number of hydrogen-bond acceptors (Lipinski definition) is 4. The van der Waals surface area contributed by atoms with Crippen molar-refractivity contribution in [1.29, 1.82) is 0 Å². The molecule has 4 heterocycles. The molecule has 0 saturated carbocycles. The van der Waals surface area contributed by atoms with Gasteiger partial charge in [0.2, 0.25) is 0 Å². The summed E-state index contributed by atoms with van der Waals surface area (Å²) in [4.78, 5) is 18.0. The van der Waals surface area contributed by atoms with Crippen molar-refractivity contribution in [3.8, 4) is 11.3 Å². The Hall–Kier alpha value is -3.12. The molecule has 0 spiro atoms. The summed E-state index contributed by atoms with van der Waals surface area (Å²) < 4.78 is 0. The molecule has 5 rings (SSSR count). The molecule has 166 valence electrons. The van der Waals surface area contributed by atoms with Crippen LogP contribution >= 0.6 is 0 Å². The van der Waals surface area contributed by atoms with Gasteiger partial charge in [0.05, 0.1) is 23.4 Å². The van der Waals surface area contributed by atoms with Gasteiger partial charge in [0, 0.05) is 29.2 Å². The van der Waals surface area contributed by atoms with Crippen LogP contribution in [0.2, 0.25) is 0 Å². The number of hydrogen-bond donors (Lipinski definition) is 3. The largest absolute Gasteiger partial charge is 0.384 e. The lowest BCUT2D eigenvalue weighted by Crippen LogP contribution is -2.32. The van der Waals surface area contributed by atoms with E-state index in [2.05, 4.69) is 63.8 Å². The third-order valence-electron chi connectivity index (χ3n) is 6.88. The second-order valence-corrected chi connectivity index (χ2v) is 9.36. The Labute approximate surface area is 189 Å². The number of benzene rings is 1. The normalized spacial score (nSPS) is 15.8. The van der Waals surface area contributed by atoms with Crippen LogP contribution in [0.1, 0.15) is 61.0 Å². The minimum Gasteiger partial charge on any atom is -0.384 e. The molecule has 6 nitrogen and oxygen atoms in total. The molecule has 0 bridgehead atoms. The van der Waals surface area contributed by atoms with Crippen molar-refractivity contribution in [2.24, 2.45) is 0 Å². The first kappa shape index (κ1) is 20.8. The molecule has 6 heteroatoms. The highest BCUT2D eigenvalue weighted by Crippen LogP contribution is 2.38. The summed E-state index contributed by atoms with van der Waals surface area (Å²) in [6.45, 7) is 9.80. The van der Waals surface area contributed by atoms with E-state index < -0.39 is 0 Å². The fourth-order valence-corrected chi connectivity index (χ4v) is 5.11. The van der Waals surface area contributed by atoms with Crippen LogP contribution in [0.4, 0.5) is 5.82 Å². The summed E-state index contributed by atoms with van der Waals surface area (Å²) in [6.07, 6.45) is 5.95. The van der Waals surface area contributed by atoms with E-state index in [9.17, 15) is 0 Å². The van der Waals surface area contributed by atoms with Crippen molar-refractivity contribution >= 4 is 16.7 Å². The van der Waals surface area contributed by atoms with Gasteiger partial charge in [0.15, 0.2) is 0 Å². The molecule has 1 aromatic carbocycles. The Bertz CT molecular complexity index is 1230. The summed E-state index contributed by atoms with van der Waals surface area (Å²) in [6, 6.07) is 11.0. The number of piperidine rings is 1. The average molecular weight is 429 g/mol. The zero-order valence-corrected chi connectivity index (χ0v) is 19.2. The monoisotopic (exact) mass is 428 g/mol. The number of nitrogens with two attached hydrogens (primary N) is 1. The maximum Gasteiger partial charge on any atom is 0.123 e. The zero-order valence-electron chi connectivity index (χ0n) is 19.2. The van der Waals surface area contributed by atoms with Crippen molar-refractivity contribution in [1.82, 2.24) is 24.8 Å². The topological polar surface area (TPSA) is 86.6 Å². The van der Waals surface area contributed by atoms with Gasteiger partial charge < -0.3 is 15.7 Å². The average Bonchev–Trinajstić information content (AvgIpc) is 3.37. The van der Waals surface area contributed by atoms with Gasteiger partial charge in [-0.05, 0) is 80.1 Å². The SMILES string of the molecule is Cc1nc[nH]c1CN1CCC(c2ccc3[nH]c(-c4ccnc(N)c4)c(C(C)C)c3c2)CC1. The predicted octanol–water partition coefficient (Wildman–Crippen LogP) is 5.35. The number of nitrogen functional groups attached to an aromatic ring is 1. The van der Waals surface area contributed by atoms with Gasteiger partial charge in [-0.3, -0.25) is 4.90 Å². The van der Waals surface area contributed by atoms with Gasteiger partial charge in [-0.2, -0.15) is 0 Å². The third kappa shape index (κ3) is 3.91. The molecule has 4 aromatic rings. The molecule has 3 aromatic heterocycles. The van der Waals surface area contributed by atoms with Crippen molar-refractivity contribution in [2.45, 2.75) is 52.0 Å². The molecule has 1 aliphatic rings. The fourth-order valence-electron chi connectivity index (χ4n) is 5.11. The lowest BCUT2D eigenvalue weighted by atomic mass is 9.87. The second kappa shape index (κ2) is 8.43. The molecule has 0 amide bonds. The second-order valence-electron chi connectivity index (χ2n) is 9.36. The van der Waals surface area contributed by atoms with E-state index in [-0.39, 0.29) is 0 Å². The van der Waals surface area contributed by atoms with E-state index in [0.717, 1.165) is 36.6 Å². The first-order valence-electron chi connectivity index (χ1n) is 11.6. The van der Waals surface area contributed by atoms with E-state index in [1.54, 1.807) is 12.5 Å². The predicted molar refractivity (Wildman–Crippen MR) is 131 cm³/mol. The summed E-state index contributed by atoms with van der Waals surface area (Å²) in [5.41, 5.74) is 14.6. The van der Waals surface area contributed by atoms with Crippen LogP contribution in [0.15, 0.2) is 42.9 Å². The number of H-pyrrole nitrogens is 2. The van der Waals surface area contributed by atoms with E-state index in [0.29, 0.717) is 17.7 Å². The number of aromatic nitrogens is 4. The molecular weight excluding hydrogens is 396 g/mol. The lowest BCUT2D eigenvalue weighted by molar-refractivity contribution is 0.202. The molecule has 0 unspecified atom stereocenters. The number of likely N-dealkylation sites (tertiary alicyclic amines) is 1. The van der Waals surface area contributed by atoms with Crippen LogP contribution in [-0.2, 0) is 6.54 Å². The molecule has 1 aliphatic heterocycles. The lowest BCUT2D eigenvalue weighted by Gasteiger charge is -2.32. The van der Waals surface area contributed by atoms with Crippen LogP contribution in [0, 0.1) is 6.92 Å². The van der Waals surface area contributed by atoms with Crippen LogP contribution < -0.4 is 5.73 Å². The fraction of sp³-hybridized carbons (Fsp3) is 0.385. The Morgan fingerprint density at radius 1 is 1.12 bits per heavy atom. The minimum atomic E-state index is 0.405. The summed E-state index contributed by atoms with van der Waals surface area (Å²) in [5, 5.41) is 1.33. The number of nitrogens with one attached hydrogen (secondary N) is 2. The molecule has 4 N–H and O–H groups in total. The van der Waals surface area contributed by atoms with Gasteiger partial charge in [-0.15, -0.1) is 0 Å². The first-order chi connectivity index (χ1) is 15.5. The van der Waals surface area contributed by atoms with E-state index in [4.69, 9.17) is 5.73 Å². The van der Waals surface area contributed by atoms with Crippen molar-refractivity contribution in [2.75, 3.05) is 18.8 Å². The number of pyridine rings is 1. The summed E-state index contributed by atoms with van der Waals surface area (Å²) in [7, 11) is 0. The van der Waals surface area contributed by atoms with Crippen molar-refractivity contribution < 1.29 is 0 Å². The number of aryl methyl sites for hydroxylation is 1. The molecule has 1 saturated heterocycles. The Kier molecular flexibility index (Phi) is 5.47. The number of anilines is 1. The molecule has 32 heavy (non-hydrogen) atoms. The molecular formula is C26H32N6. The Morgan fingerprint density at radius 3 is 2.62 bits per heavy atom.